The molecule has 28 heavy (non-hydrogen) atoms. The van der Waals surface area contributed by atoms with Gasteiger partial charge in [0.15, 0.2) is 6.10 Å². The lowest BCUT2D eigenvalue weighted by molar-refractivity contribution is -0.206. The van der Waals surface area contributed by atoms with Crippen LogP contribution >= 0.6 is 11.6 Å². The van der Waals surface area contributed by atoms with E-state index < -0.39 is 71.9 Å². The van der Waals surface area contributed by atoms with Gasteiger partial charge in [-0.05, 0) is 12.5 Å². The monoisotopic (exact) mass is 427 g/mol. The number of hydrogen-bond donors (Lipinski definition) is 3. The lowest BCUT2D eigenvalue weighted by Crippen LogP contribution is -2.46. The molecule has 2 aliphatic heterocycles. The molecule has 3 N–H and O–H groups in total. The molecular weight excluding hydrogens is 413 g/mol. The highest BCUT2D eigenvalue weighted by molar-refractivity contribution is 6.31. The Morgan fingerprint density at radius 3 is 2.61 bits per heavy atom. The Bertz CT molecular complexity index is 792. The zero-order valence-electron chi connectivity index (χ0n) is 14.1. The Morgan fingerprint density at radius 2 is 2.04 bits per heavy atom. The fraction of sp³-hybridized carbons (Fsp3) is 0.500. The maximum Gasteiger partial charge on any atom is 0.414 e. The molecule has 2 fully saturated rings. The standard InChI is InChI=1S/C16H15ClF5N3O3/c17-11-8(18)2-1-7(12(11)19)13(6-3-10(28-5-6)16(20,21)22)25-14(26)9-4-23-15(27)24-9/h1-2,6,9-10,13H,3-5H2,(H,25,26)(H2,23,24,27)/t6-,9-,10+,13+/m0/s1. The normalized spacial score (nSPS) is 25.9. The SMILES string of the molecule is O=C1NC[C@@H](C(=O)N[C@@H](c2ccc(F)c(Cl)c2F)[C@@H]2CO[C@@H](C(F)(F)F)C2)N1. The van der Waals surface area contributed by atoms with Gasteiger partial charge in [0, 0.05) is 18.0 Å². The van der Waals surface area contributed by atoms with Crippen molar-refractivity contribution in [3.05, 3.63) is 34.4 Å². The number of nitrogens with one attached hydrogen (secondary N) is 3. The molecule has 12 heteroatoms. The maximum atomic E-state index is 14.5. The van der Waals surface area contributed by atoms with Gasteiger partial charge < -0.3 is 20.7 Å². The van der Waals surface area contributed by atoms with Crippen molar-refractivity contribution in [2.24, 2.45) is 5.92 Å². The highest BCUT2D eigenvalue weighted by Gasteiger charge is 2.48. The quantitative estimate of drug-likeness (QED) is 0.510. The number of carbonyl (C=O) groups is 2. The maximum absolute atomic E-state index is 14.5. The summed E-state index contributed by atoms with van der Waals surface area (Å²) in [6.45, 7) is -0.449. The molecule has 0 radical (unpaired) electrons. The van der Waals surface area contributed by atoms with E-state index in [0.29, 0.717) is 0 Å². The van der Waals surface area contributed by atoms with Gasteiger partial charge in [-0.2, -0.15) is 13.2 Å². The van der Waals surface area contributed by atoms with Crippen LogP contribution in [-0.4, -0.2) is 43.4 Å². The Morgan fingerprint density at radius 1 is 1.32 bits per heavy atom. The van der Waals surface area contributed by atoms with E-state index in [0.717, 1.165) is 12.1 Å². The summed E-state index contributed by atoms with van der Waals surface area (Å²) in [7, 11) is 0. The van der Waals surface area contributed by atoms with Gasteiger partial charge in [-0.25, -0.2) is 13.6 Å². The zero-order chi connectivity index (χ0) is 20.6. The third-order valence-electron chi connectivity index (χ3n) is 4.65. The number of alkyl halides is 3. The van der Waals surface area contributed by atoms with Crippen molar-refractivity contribution in [2.45, 2.75) is 30.8 Å². The van der Waals surface area contributed by atoms with Gasteiger partial charge in [0.2, 0.25) is 5.91 Å². The number of benzene rings is 1. The van der Waals surface area contributed by atoms with Crippen LogP contribution in [0.15, 0.2) is 12.1 Å². The first kappa shape index (κ1) is 20.6. The highest BCUT2D eigenvalue weighted by atomic mass is 35.5. The van der Waals surface area contributed by atoms with Gasteiger partial charge in [0.25, 0.3) is 0 Å². The third-order valence-corrected chi connectivity index (χ3v) is 5.00. The molecule has 3 rings (SSSR count). The zero-order valence-corrected chi connectivity index (χ0v) is 14.8. The predicted molar refractivity (Wildman–Crippen MR) is 86.5 cm³/mol. The van der Waals surface area contributed by atoms with Crippen LogP contribution in [0.1, 0.15) is 18.0 Å². The summed E-state index contributed by atoms with van der Waals surface area (Å²) in [5.41, 5.74) is -0.270. The Labute approximate surface area is 160 Å². The molecule has 2 heterocycles. The van der Waals surface area contributed by atoms with E-state index in [1.165, 1.54) is 0 Å². The number of urea groups is 1. The van der Waals surface area contributed by atoms with Gasteiger partial charge in [0.1, 0.15) is 22.7 Å². The molecule has 1 aromatic rings. The van der Waals surface area contributed by atoms with Crippen LogP contribution in [0.2, 0.25) is 5.02 Å². The molecular formula is C16H15ClF5N3O3. The second kappa shape index (κ2) is 7.70. The van der Waals surface area contributed by atoms with E-state index in [1.54, 1.807) is 0 Å². The summed E-state index contributed by atoms with van der Waals surface area (Å²) in [5, 5.41) is 6.28. The highest BCUT2D eigenvalue weighted by Crippen LogP contribution is 2.40. The fourth-order valence-corrected chi connectivity index (χ4v) is 3.38. The topological polar surface area (TPSA) is 79.5 Å². The van der Waals surface area contributed by atoms with Crippen LogP contribution in [0.25, 0.3) is 0 Å². The van der Waals surface area contributed by atoms with Crippen molar-refractivity contribution in [3.8, 4) is 0 Å². The summed E-state index contributed by atoms with van der Waals surface area (Å²) in [5.74, 6) is -3.91. The number of rotatable bonds is 4. The minimum atomic E-state index is -4.62. The molecule has 0 saturated carbocycles. The predicted octanol–water partition coefficient (Wildman–Crippen LogP) is 2.42. The molecule has 0 unspecified atom stereocenters. The minimum Gasteiger partial charge on any atom is -0.368 e. The van der Waals surface area contributed by atoms with Crippen molar-refractivity contribution >= 4 is 23.5 Å². The summed E-state index contributed by atoms with van der Waals surface area (Å²) < 4.78 is 71.6. The molecule has 0 bridgehead atoms. The second-order valence-electron chi connectivity index (χ2n) is 6.52. The van der Waals surface area contributed by atoms with E-state index in [4.69, 9.17) is 16.3 Å². The molecule has 4 atom stereocenters. The largest absolute Gasteiger partial charge is 0.414 e. The Kier molecular flexibility index (Phi) is 5.67. The molecule has 0 spiro atoms. The molecule has 3 amide bonds. The first-order valence-electron chi connectivity index (χ1n) is 8.24. The van der Waals surface area contributed by atoms with Crippen molar-refractivity contribution in [1.82, 2.24) is 16.0 Å². The van der Waals surface area contributed by atoms with Crippen molar-refractivity contribution in [1.29, 1.82) is 0 Å². The summed E-state index contributed by atoms with van der Waals surface area (Å²) >= 11 is 5.58. The van der Waals surface area contributed by atoms with Gasteiger partial charge in [-0.1, -0.05) is 17.7 Å². The summed E-state index contributed by atoms with van der Waals surface area (Å²) in [6.07, 6.45) is -7.21. The van der Waals surface area contributed by atoms with Crippen LogP contribution in [0.3, 0.4) is 0 Å². The summed E-state index contributed by atoms with van der Waals surface area (Å²) in [6, 6.07) is -0.983. The van der Waals surface area contributed by atoms with Crippen LogP contribution in [0.4, 0.5) is 26.7 Å². The van der Waals surface area contributed by atoms with Crippen LogP contribution < -0.4 is 16.0 Å². The van der Waals surface area contributed by atoms with Gasteiger partial charge in [-0.15, -0.1) is 0 Å². The van der Waals surface area contributed by atoms with Crippen LogP contribution in [-0.2, 0) is 9.53 Å². The fourth-order valence-electron chi connectivity index (χ4n) is 3.21. The van der Waals surface area contributed by atoms with E-state index in [9.17, 15) is 31.5 Å². The van der Waals surface area contributed by atoms with Crippen molar-refractivity contribution in [2.75, 3.05) is 13.2 Å². The molecule has 2 aliphatic rings. The minimum absolute atomic E-state index is 0.0453. The molecule has 0 aliphatic carbocycles. The number of hydrogen-bond acceptors (Lipinski definition) is 3. The van der Waals surface area contributed by atoms with Crippen molar-refractivity contribution < 1.29 is 36.3 Å². The van der Waals surface area contributed by atoms with Crippen molar-refractivity contribution in [3.63, 3.8) is 0 Å². The number of ether oxygens (including phenoxy) is 1. The summed E-state index contributed by atoms with van der Waals surface area (Å²) in [4.78, 5) is 23.6. The Hall–Kier alpha value is -2.14. The molecule has 6 nitrogen and oxygen atoms in total. The lowest BCUT2D eigenvalue weighted by atomic mass is 9.90. The first-order valence-corrected chi connectivity index (χ1v) is 8.62. The average molecular weight is 428 g/mol. The molecule has 0 aromatic heterocycles. The molecule has 1 aromatic carbocycles. The van der Waals surface area contributed by atoms with Gasteiger partial charge >= 0.3 is 12.2 Å². The molecule has 154 valence electrons. The van der Waals surface area contributed by atoms with Crippen LogP contribution in [0, 0.1) is 17.6 Å². The lowest BCUT2D eigenvalue weighted by Gasteiger charge is -2.26. The van der Waals surface area contributed by atoms with Gasteiger partial charge in [-0.3, -0.25) is 4.79 Å². The first-order chi connectivity index (χ1) is 13.1. The molecule has 2 saturated heterocycles. The second-order valence-corrected chi connectivity index (χ2v) is 6.90. The number of amides is 3. The third kappa shape index (κ3) is 4.14. The van der Waals surface area contributed by atoms with Crippen LogP contribution in [0.5, 0.6) is 0 Å². The smallest absolute Gasteiger partial charge is 0.368 e. The van der Waals surface area contributed by atoms with E-state index in [-0.39, 0.29) is 12.1 Å². The average Bonchev–Trinajstić information content (AvgIpc) is 3.27. The Balaban J connectivity index is 1.88. The van der Waals surface area contributed by atoms with E-state index in [1.807, 2.05) is 0 Å². The van der Waals surface area contributed by atoms with E-state index >= 15 is 0 Å². The number of carbonyl (C=O) groups excluding carboxylic acids is 2. The van der Waals surface area contributed by atoms with E-state index in [2.05, 4.69) is 16.0 Å². The van der Waals surface area contributed by atoms with Gasteiger partial charge in [0.05, 0.1) is 12.6 Å². The number of halogens is 6.